The molecule has 162 valence electrons. The van der Waals surface area contributed by atoms with E-state index in [1.165, 1.54) is 17.0 Å². The number of hydrogen-bond donors (Lipinski definition) is 1. The van der Waals surface area contributed by atoms with Crippen molar-refractivity contribution in [2.45, 2.75) is 19.0 Å². The molecule has 2 amide bonds. The van der Waals surface area contributed by atoms with E-state index < -0.39 is 17.6 Å². The second-order valence-electron chi connectivity index (χ2n) is 6.59. The minimum Gasteiger partial charge on any atom is -0.326 e. The predicted octanol–water partition coefficient (Wildman–Crippen LogP) is 5.98. The lowest BCUT2D eigenvalue weighted by atomic mass is 10.2. The molecule has 31 heavy (non-hydrogen) atoms. The van der Waals surface area contributed by atoms with Crippen molar-refractivity contribution in [3.05, 3.63) is 69.6 Å². The van der Waals surface area contributed by atoms with Gasteiger partial charge in [0.15, 0.2) is 0 Å². The van der Waals surface area contributed by atoms with Crippen molar-refractivity contribution in [3.63, 3.8) is 0 Å². The Kier molecular flexibility index (Phi) is 7.40. The number of nitrogens with zero attached hydrogens (tertiary/aromatic N) is 1. The zero-order chi connectivity index (χ0) is 22.6. The summed E-state index contributed by atoms with van der Waals surface area (Å²) in [5.41, 5.74) is -0.0774. The molecule has 2 aromatic rings. The lowest BCUT2D eigenvalue weighted by Crippen LogP contribution is -2.29. The molecule has 4 nitrogen and oxygen atoms in total. The molecule has 0 aromatic heterocycles. The fourth-order valence-electron chi connectivity index (χ4n) is 2.82. The number of alkyl halides is 3. The fraction of sp³-hybridized carbons (Fsp3) is 0.190. The standard InChI is InChI=1S/C21H16ClF3N2O2S2/c22-16-8-2-1-5-13(16)11-17-19(29)27(20(30)31-17)10-4-9-18(28)26-15-7-3-6-14(12-15)21(23,24)25/h1-3,5-8,11-12H,4,9-10H2,(H,26,28)/b17-11-. The van der Waals surface area contributed by atoms with Crippen molar-refractivity contribution < 1.29 is 22.8 Å². The summed E-state index contributed by atoms with van der Waals surface area (Å²) in [5.74, 6) is -0.718. The molecule has 1 heterocycles. The van der Waals surface area contributed by atoms with Crippen LogP contribution in [0.3, 0.4) is 0 Å². The van der Waals surface area contributed by atoms with Gasteiger partial charge in [0.2, 0.25) is 5.91 Å². The predicted molar refractivity (Wildman–Crippen MR) is 121 cm³/mol. The number of anilines is 1. The number of rotatable bonds is 6. The molecule has 0 aliphatic carbocycles. The van der Waals surface area contributed by atoms with E-state index in [2.05, 4.69) is 5.32 Å². The first-order valence-corrected chi connectivity index (χ1v) is 10.7. The van der Waals surface area contributed by atoms with E-state index in [-0.39, 0.29) is 24.6 Å². The van der Waals surface area contributed by atoms with Crippen molar-refractivity contribution in [1.29, 1.82) is 0 Å². The molecule has 0 radical (unpaired) electrons. The summed E-state index contributed by atoms with van der Waals surface area (Å²) in [5, 5.41) is 2.96. The molecule has 3 rings (SSSR count). The highest BCUT2D eigenvalue weighted by Gasteiger charge is 2.32. The van der Waals surface area contributed by atoms with Crippen LogP contribution in [-0.4, -0.2) is 27.6 Å². The number of thioether (sulfide) groups is 1. The van der Waals surface area contributed by atoms with Gasteiger partial charge >= 0.3 is 6.18 Å². The van der Waals surface area contributed by atoms with Crippen LogP contribution in [0.4, 0.5) is 18.9 Å². The van der Waals surface area contributed by atoms with E-state index >= 15 is 0 Å². The summed E-state index contributed by atoms with van der Waals surface area (Å²) in [7, 11) is 0. The van der Waals surface area contributed by atoms with Crippen LogP contribution < -0.4 is 5.32 Å². The summed E-state index contributed by atoms with van der Waals surface area (Å²) in [6.45, 7) is 0.223. The first-order valence-electron chi connectivity index (χ1n) is 9.12. The Morgan fingerprint density at radius 3 is 2.65 bits per heavy atom. The van der Waals surface area contributed by atoms with Crippen LogP contribution in [0.5, 0.6) is 0 Å². The van der Waals surface area contributed by atoms with E-state index in [4.69, 9.17) is 23.8 Å². The molecule has 1 N–H and O–H groups in total. The molecule has 1 aliphatic rings. The maximum atomic E-state index is 12.8. The molecule has 0 bridgehead atoms. The lowest BCUT2D eigenvalue weighted by molar-refractivity contribution is -0.137. The van der Waals surface area contributed by atoms with Gasteiger partial charge in [-0.1, -0.05) is 59.8 Å². The first-order chi connectivity index (χ1) is 14.6. The van der Waals surface area contributed by atoms with Crippen LogP contribution in [0.1, 0.15) is 24.0 Å². The average Bonchev–Trinajstić information content (AvgIpc) is 2.96. The average molecular weight is 485 g/mol. The van der Waals surface area contributed by atoms with Gasteiger partial charge in [0, 0.05) is 23.7 Å². The van der Waals surface area contributed by atoms with Crippen LogP contribution in [0.25, 0.3) is 6.08 Å². The van der Waals surface area contributed by atoms with E-state index in [0.717, 1.165) is 23.9 Å². The quantitative estimate of drug-likeness (QED) is 0.405. The van der Waals surface area contributed by atoms with Gasteiger partial charge in [0.05, 0.1) is 10.5 Å². The normalized spacial score (nSPS) is 15.6. The minimum absolute atomic E-state index is 0.0247. The molecule has 0 saturated carbocycles. The first kappa shape index (κ1) is 23.3. The van der Waals surface area contributed by atoms with E-state index in [1.54, 1.807) is 24.3 Å². The van der Waals surface area contributed by atoms with Crippen molar-refractivity contribution in [2.24, 2.45) is 0 Å². The highest BCUT2D eigenvalue weighted by Crippen LogP contribution is 2.34. The summed E-state index contributed by atoms with van der Waals surface area (Å²) in [6, 6.07) is 11.5. The van der Waals surface area contributed by atoms with Crippen LogP contribution in [-0.2, 0) is 15.8 Å². The number of carbonyl (C=O) groups excluding carboxylic acids is 2. The Labute approximate surface area is 191 Å². The number of nitrogens with one attached hydrogen (secondary N) is 1. The maximum Gasteiger partial charge on any atom is 0.416 e. The van der Waals surface area contributed by atoms with Gasteiger partial charge in [0.25, 0.3) is 5.91 Å². The largest absolute Gasteiger partial charge is 0.416 e. The number of amides is 2. The van der Waals surface area contributed by atoms with Gasteiger partial charge in [-0.2, -0.15) is 13.2 Å². The third-order valence-electron chi connectivity index (χ3n) is 4.32. The molecular formula is C21H16ClF3N2O2S2. The van der Waals surface area contributed by atoms with Crippen LogP contribution >= 0.6 is 35.6 Å². The molecule has 0 unspecified atom stereocenters. The highest BCUT2D eigenvalue weighted by atomic mass is 35.5. The number of thiocarbonyl (C=S) groups is 1. The van der Waals surface area contributed by atoms with Crippen molar-refractivity contribution in [3.8, 4) is 0 Å². The smallest absolute Gasteiger partial charge is 0.326 e. The van der Waals surface area contributed by atoms with Gasteiger partial charge in [-0.25, -0.2) is 0 Å². The molecule has 0 atom stereocenters. The number of hydrogen-bond acceptors (Lipinski definition) is 4. The summed E-state index contributed by atoms with van der Waals surface area (Å²) >= 11 is 12.5. The molecule has 1 fully saturated rings. The van der Waals surface area contributed by atoms with Crippen LogP contribution in [0.15, 0.2) is 53.4 Å². The maximum absolute atomic E-state index is 12.8. The SMILES string of the molecule is O=C(CCCN1C(=O)/C(=C/c2ccccc2Cl)SC1=S)Nc1cccc(C(F)(F)F)c1. The highest BCUT2D eigenvalue weighted by molar-refractivity contribution is 8.26. The summed E-state index contributed by atoms with van der Waals surface area (Å²) in [6.07, 6.45) is -2.49. The summed E-state index contributed by atoms with van der Waals surface area (Å²) in [4.78, 5) is 26.6. The molecule has 2 aromatic carbocycles. The van der Waals surface area contributed by atoms with Crippen molar-refractivity contribution >= 4 is 63.5 Å². The van der Waals surface area contributed by atoms with E-state index in [1.807, 2.05) is 6.07 Å². The van der Waals surface area contributed by atoms with Gasteiger partial charge < -0.3 is 5.32 Å². The Hall–Kier alpha value is -2.36. The second-order valence-corrected chi connectivity index (χ2v) is 8.67. The third kappa shape index (κ3) is 6.09. The van der Waals surface area contributed by atoms with Crippen molar-refractivity contribution in [2.75, 3.05) is 11.9 Å². The Morgan fingerprint density at radius 2 is 1.94 bits per heavy atom. The van der Waals surface area contributed by atoms with Gasteiger partial charge in [0.1, 0.15) is 4.32 Å². The Bertz CT molecular complexity index is 1060. The van der Waals surface area contributed by atoms with E-state index in [9.17, 15) is 22.8 Å². The monoisotopic (exact) mass is 484 g/mol. The van der Waals surface area contributed by atoms with Gasteiger partial charge in [-0.15, -0.1) is 0 Å². The summed E-state index contributed by atoms with van der Waals surface area (Å²) < 4.78 is 38.7. The molecule has 0 spiro atoms. The topological polar surface area (TPSA) is 49.4 Å². The van der Waals surface area contributed by atoms with E-state index in [0.29, 0.717) is 26.2 Å². The van der Waals surface area contributed by atoms with Gasteiger partial charge in [-0.05, 0) is 42.3 Å². The van der Waals surface area contributed by atoms with Crippen molar-refractivity contribution in [1.82, 2.24) is 4.90 Å². The molecular weight excluding hydrogens is 469 g/mol. The zero-order valence-corrected chi connectivity index (χ0v) is 18.3. The molecule has 1 saturated heterocycles. The minimum atomic E-state index is -4.49. The number of halogens is 4. The third-order valence-corrected chi connectivity index (χ3v) is 6.05. The Balaban J connectivity index is 1.55. The number of benzene rings is 2. The van der Waals surface area contributed by atoms with Crippen LogP contribution in [0, 0.1) is 0 Å². The second kappa shape index (κ2) is 9.84. The van der Waals surface area contributed by atoms with Gasteiger partial charge in [-0.3, -0.25) is 14.5 Å². The zero-order valence-electron chi connectivity index (χ0n) is 15.9. The fourth-order valence-corrected chi connectivity index (χ4v) is 4.31. The molecule has 1 aliphatic heterocycles. The lowest BCUT2D eigenvalue weighted by Gasteiger charge is -2.14. The molecule has 10 heteroatoms. The Morgan fingerprint density at radius 1 is 1.19 bits per heavy atom. The number of carbonyl (C=O) groups is 2. The van der Waals surface area contributed by atoms with Crippen LogP contribution in [0.2, 0.25) is 5.02 Å².